The standard InChI is InChI=1S/C31H35N2.C29H34NSi.C28H31N2.C26H25FN/c1-22(2)30-21-32(4)31(28-11-7-6-10-23(28)3)20-29(30)26-13-12-25-19-27(15-14-24(25)18-26)33-16-8-5-9-17-33;1-20(2)28-19-30(4)29(26-11-9-8-10-21(26)3)18-27(28)24-13-12-23-17-25(31(5,6)7)15-14-22(23)16-24;1-19(2)27-18-30(6)28(25-10-8-7-9-20(25)3)17-26(27)23-12-11-22-16-24(29(4)5)14-13-21(22)15-23;1-17(2)25-16-28(4)26(23-8-6-5-7-18(23)3)15-24(25)21-10-9-20-14-22(27)12-11-19(20)13-21/h6-7,10-15,18-22H,5,8-9,16-17H2,1-4H3;8-20H,1-7H3;7-19H,1-6H3;5-17H,1-4H3/q4*+1. The van der Waals surface area contributed by atoms with Crippen LogP contribution in [0, 0.1) is 33.5 Å². The number of halogens is 1. The summed E-state index contributed by atoms with van der Waals surface area (Å²) in [6, 6.07) is 96.7. The number of hydrogen-bond donors (Lipinski definition) is 0. The average molecular weight is 1630 g/mol. The van der Waals surface area contributed by atoms with E-state index in [0.717, 1.165) is 10.8 Å². The van der Waals surface area contributed by atoms with Crippen LogP contribution in [-0.2, 0) is 28.2 Å². The summed E-state index contributed by atoms with van der Waals surface area (Å²) in [7, 11) is 11.5. The van der Waals surface area contributed by atoms with Gasteiger partial charge in [0.1, 0.15) is 34.0 Å². The molecule has 0 bridgehead atoms. The van der Waals surface area contributed by atoms with Crippen LogP contribution < -0.4 is 33.3 Å². The quantitative estimate of drug-likeness (QED) is 0.0754. The van der Waals surface area contributed by atoms with Crippen molar-refractivity contribution in [2.75, 3.05) is 37.0 Å². The molecular formula is C114H125FN6Si+4. The summed E-state index contributed by atoms with van der Waals surface area (Å²) in [4.78, 5) is 4.69. The van der Waals surface area contributed by atoms with E-state index in [9.17, 15) is 4.39 Å². The fourth-order valence-corrected chi connectivity index (χ4v) is 18.9. The number of rotatable bonds is 15. The van der Waals surface area contributed by atoms with E-state index in [1.807, 2.05) is 12.1 Å². The number of hydrogen-bond acceptors (Lipinski definition) is 2. The van der Waals surface area contributed by atoms with E-state index in [1.165, 1.54) is 221 Å². The fraction of sp³-hybridized carbons (Fsp3) is 0.263. The topological polar surface area (TPSA) is 22.0 Å². The molecule has 1 fully saturated rings. The SMILES string of the molecule is Cc1ccccc1-c1cc(-c2ccc3cc(F)ccc3c2)c(C(C)C)c[n+]1C.Cc1ccccc1-c1cc(-c2ccc3cc(N(C)C)ccc3c2)c(C(C)C)c[n+]1C.Cc1ccccc1-c1cc(-c2ccc3cc(N4CCCCC4)ccc3c2)c(C(C)C)c[n+]1C.Cc1ccccc1-c1cc(-c2ccc3cc([Si](C)(C)C)ccc3c2)c(C(C)C)c[n+]1C. The van der Waals surface area contributed by atoms with Crippen molar-refractivity contribution in [3.8, 4) is 89.5 Å². The minimum absolute atomic E-state index is 0.198. The normalized spacial score (nSPS) is 12.3. The maximum atomic E-state index is 13.6. The summed E-state index contributed by atoms with van der Waals surface area (Å²) in [6.45, 7) is 36.5. The summed E-state index contributed by atoms with van der Waals surface area (Å²) in [5, 5.41) is 11.4. The Bertz CT molecular complexity index is 6530. The molecule has 0 spiro atoms. The lowest BCUT2D eigenvalue weighted by Crippen LogP contribution is -2.37. The molecule has 17 rings (SSSR count). The van der Waals surface area contributed by atoms with Crippen molar-refractivity contribution < 1.29 is 22.7 Å². The number of pyridine rings is 4. The molecule has 618 valence electrons. The molecule has 16 aromatic rings. The van der Waals surface area contributed by atoms with Crippen LogP contribution in [0.4, 0.5) is 15.8 Å². The van der Waals surface area contributed by atoms with Crippen LogP contribution in [0.25, 0.3) is 133 Å². The first-order valence-corrected chi connectivity index (χ1v) is 47.6. The van der Waals surface area contributed by atoms with E-state index in [0.29, 0.717) is 23.7 Å². The maximum Gasteiger partial charge on any atom is 0.213 e. The molecule has 0 amide bonds. The zero-order valence-electron chi connectivity index (χ0n) is 76.1. The van der Waals surface area contributed by atoms with Crippen LogP contribution in [-0.4, -0.2) is 35.3 Å². The van der Waals surface area contributed by atoms with Crippen molar-refractivity contribution in [2.24, 2.45) is 28.2 Å². The van der Waals surface area contributed by atoms with Crippen molar-refractivity contribution in [3.05, 3.63) is 342 Å². The summed E-state index contributed by atoms with van der Waals surface area (Å²) < 4.78 is 22.6. The second-order valence-corrected chi connectivity index (χ2v) is 41.7. The molecular weight excluding hydrogens is 1500 g/mol. The summed E-state index contributed by atoms with van der Waals surface area (Å²) in [5.74, 6) is 1.56. The van der Waals surface area contributed by atoms with Gasteiger partial charge in [-0.1, -0.05) is 238 Å². The molecule has 4 aromatic heterocycles. The third kappa shape index (κ3) is 19.2. The molecule has 6 nitrogen and oxygen atoms in total. The molecule has 1 aliphatic rings. The Kier molecular flexibility index (Phi) is 26.3. The van der Waals surface area contributed by atoms with E-state index in [2.05, 4.69) is 441 Å². The Morgan fingerprint density at radius 3 is 0.918 bits per heavy atom. The van der Waals surface area contributed by atoms with E-state index in [1.54, 1.807) is 6.07 Å². The van der Waals surface area contributed by atoms with Crippen LogP contribution in [0.5, 0.6) is 0 Å². The van der Waals surface area contributed by atoms with Crippen LogP contribution in [0.1, 0.15) is 143 Å². The van der Waals surface area contributed by atoms with Gasteiger partial charge in [-0.25, -0.2) is 22.7 Å². The number of nitrogens with zero attached hydrogens (tertiary/aromatic N) is 6. The van der Waals surface area contributed by atoms with Gasteiger partial charge < -0.3 is 9.80 Å². The zero-order chi connectivity index (χ0) is 86.5. The molecule has 5 heterocycles. The first-order valence-electron chi connectivity index (χ1n) is 44.1. The van der Waals surface area contributed by atoms with Gasteiger partial charge in [0, 0.05) is 107 Å². The van der Waals surface area contributed by atoms with Crippen LogP contribution in [0.3, 0.4) is 0 Å². The van der Waals surface area contributed by atoms with E-state index < -0.39 is 8.07 Å². The van der Waals surface area contributed by atoms with Gasteiger partial charge in [0.05, 0.1) is 8.07 Å². The lowest BCUT2D eigenvalue weighted by molar-refractivity contribution is -0.660. The van der Waals surface area contributed by atoms with Crippen LogP contribution >= 0.6 is 0 Å². The van der Waals surface area contributed by atoms with E-state index in [4.69, 9.17) is 0 Å². The predicted molar refractivity (Wildman–Crippen MR) is 523 cm³/mol. The van der Waals surface area contributed by atoms with Crippen molar-refractivity contribution in [1.29, 1.82) is 0 Å². The molecule has 1 aliphatic heterocycles. The Morgan fingerprint density at radius 2 is 0.590 bits per heavy atom. The molecule has 0 N–H and O–H groups in total. The average Bonchev–Trinajstić information content (AvgIpc) is 0.777. The molecule has 0 saturated carbocycles. The van der Waals surface area contributed by atoms with Crippen molar-refractivity contribution in [3.63, 3.8) is 0 Å². The van der Waals surface area contributed by atoms with Gasteiger partial charge >= 0.3 is 0 Å². The number of anilines is 2. The molecule has 0 unspecified atom stereocenters. The first-order chi connectivity index (χ1) is 58.4. The number of benzene rings is 12. The molecule has 0 aliphatic carbocycles. The number of fused-ring (bicyclic) bond motifs is 4. The monoisotopic (exact) mass is 1620 g/mol. The molecule has 0 radical (unpaired) electrons. The van der Waals surface area contributed by atoms with Crippen molar-refractivity contribution in [1.82, 2.24) is 0 Å². The minimum atomic E-state index is -1.31. The predicted octanol–water partition coefficient (Wildman–Crippen LogP) is 27.5. The first kappa shape index (κ1) is 86.4. The van der Waals surface area contributed by atoms with E-state index >= 15 is 0 Å². The summed E-state index contributed by atoms with van der Waals surface area (Å²) in [5.41, 5.74) is 33.5. The molecule has 8 heteroatoms. The highest BCUT2D eigenvalue weighted by molar-refractivity contribution is 6.88. The number of aromatic nitrogens is 4. The number of piperidine rings is 1. The van der Waals surface area contributed by atoms with Crippen LogP contribution in [0.15, 0.2) is 292 Å². The van der Waals surface area contributed by atoms with Gasteiger partial charge in [0.25, 0.3) is 0 Å². The fourth-order valence-electron chi connectivity index (χ4n) is 17.7. The smallest absolute Gasteiger partial charge is 0.213 e. The third-order valence-electron chi connectivity index (χ3n) is 25.0. The summed E-state index contributed by atoms with van der Waals surface area (Å²) >= 11 is 0. The molecule has 122 heavy (non-hydrogen) atoms. The highest BCUT2D eigenvalue weighted by Gasteiger charge is 2.27. The van der Waals surface area contributed by atoms with Gasteiger partial charge in [0.2, 0.25) is 22.8 Å². The lowest BCUT2D eigenvalue weighted by Gasteiger charge is -2.29. The Labute approximate surface area is 728 Å². The molecule has 0 atom stereocenters. The van der Waals surface area contributed by atoms with Gasteiger partial charge in [-0.3, -0.25) is 0 Å². The maximum absolute atomic E-state index is 13.6. The molecule has 12 aromatic carbocycles. The minimum Gasteiger partial charge on any atom is -0.378 e. The van der Waals surface area contributed by atoms with Crippen molar-refractivity contribution >= 4 is 67.7 Å². The second-order valence-electron chi connectivity index (χ2n) is 36.6. The Balaban J connectivity index is 0.000000133. The summed E-state index contributed by atoms with van der Waals surface area (Å²) in [6.07, 6.45) is 13.2. The van der Waals surface area contributed by atoms with Gasteiger partial charge in [0.15, 0.2) is 24.8 Å². The zero-order valence-corrected chi connectivity index (χ0v) is 77.1. The van der Waals surface area contributed by atoms with E-state index in [-0.39, 0.29) is 5.82 Å². The Hall–Kier alpha value is -12.0. The van der Waals surface area contributed by atoms with Crippen LogP contribution in [0.2, 0.25) is 19.6 Å². The Morgan fingerprint density at radius 1 is 0.303 bits per heavy atom. The largest absolute Gasteiger partial charge is 0.378 e. The molecule has 1 saturated heterocycles. The second kappa shape index (κ2) is 37.2. The third-order valence-corrected chi connectivity index (χ3v) is 27.1. The van der Waals surface area contributed by atoms with Gasteiger partial charge in [-0.2, -0.15) is 0 Å². The van der Waals surface area contributed by atoms with Gasteiger partial charge in [-0.05, 0) is 265 Å². The highest BCUT2D eigenvalue weighted by Crippen LogP contribution is 2.41. The highest BCUT2D eigenvalue weighted by atomic mass is 28.3. The van der Waals surface area contributed by atoms with Crippen molar-refractivity contribution in [2.45, 2.75) is 146 Å². The lowest BCUT2D eigenvalue weighted by atomic mass is 9.91. The van der Waals surface area contributed by atoms with Gasteiger partial charge in [-0.15, -0.1) is 0 Å². The number of aryl methyl sites for hydroxylation is 8.